The number of likely N-dealkylation sites (tertiary alicyclic amines) is 1. The first-order chi connectivity index (χ1) is 12.7. The largest absolute Gasteiger partial charge is 0.497 e. The predicted molar refractivity (Wildman–Crippen MR) is 108 cm³/mol. The van der Waals surface area contributed by atoms with E-state index in [1.807, 2.05) is 54.6 Å². The first-order valence-electron chi connectivity index (χ1n) is 8.71. The number of carbonyl (C=O) groups is 1. The number of benzene rings is 2. The minimum atomic E-state index is -0.0128. The maximum absolute atomic E-state index is 12.3. The van der Waals surface area contributed by atoms with Crippen molar-refractivity contribution in [2.75, 3.05) is 25.5 Å². The third kappa shape index (κ3) is 4.73. The van der Waals surface area contributed by atoms with Gasteiger partial charge in [-0.05, 0) is 49.3 Å². The van der Waals surface area contributed by atoms with Gasteiger partial charge in [-0.2, -0.15) is 0 Å². The van der Waals surface area contributed by atoms with Gasteiger partial charge in [-0.15, -0.1) is 0 Å². The predicted octanol–water partition coefficient (Wildman–Crippen LogP) is 3.29. The monoisotopic (exact) mass is 369 g/mol. The molecule has 2 aromatic rings. The van der Waals surface area contributed by atoms with E-state index in [0.717, 1.165) is 37.4 Å². The number of methoxy groups -OCH3 is 1. The van der Waals surface area contributed by atoms with Crippen LogP contribution in [0.2, 0.25) is 0 Å². The third-order valence-corrected chi connectivity index (χ3v) is 4.83. The molecular formula is C20H23N3O2S. The molecule has 0 unspecified atom stereocenters. The highest BCUT2D eigenvalue weighted by Gasteiger charge is 2.22. The molecule has 1 amide bonds. The summed E-state index contributed by atoms with van der Waals surface area (Å²) in [5.74, 6) is 0.779. The normalized spacial score (nSPS) is 14.6. The van der Waals surface area contributed by atoms with Crippen molar-refractivity contribution in [2.45, 2.75) is 18.9 Å². The fourth-order valence-corrected chi connectivity index (χ4v) is 3.29. The van der Waals surface area contributed by atoms with Crippen molar-refractivity contribution in [3.63, 3.8) is 0 Å². The van der Waals surface area contributed by atoms with E-state index in [1.165, 1.54) is 0 Å². The van der Waals surface area contributed by atoms with E-state index >= 15 is 0 Å². The van der Waals surface area contributed by atoms with E-state index in [0.29, 0.717) is 10.7 Å². The quantitative estimate of drug-likeness (QED) is 0.810. The summed E-state index contributed by atoms with van der Waals surface area (Å²) in [5, 5.41) is 7.07. The Hall–Kier alpha value is -2.60. The van der Waals surface area contributed by atoms with Crippen LogP contribution in [0, 0.1) is 0 Å². The summed E-state index contributed by atoms with van der Waals surface area (Å²) >= 11 is 5.53. The molecule has 1 heterocycles. The average molecular weight is 369 g/mol. The summed E-state index contributed by atoms with van der Waals surface area (Å²) in [5.41, 5.74) is 1.61. The van der Waals surface area contributed by atoms with E-state index in [1.54, 1.807) is 7.11 Å². The van der Waals surface area contributed by atoms with E-state index in [2.05, 4.69) is 15.5 Å². The molecule has 0 aliphatic carbocycles. The van der Waals surface area contributed by atoms with Crippen LogP contribution >= 0.6 is 12.2 Å². The molecule has 1 saturated heterocycles. The summed E-state index contributed by atoms with van der Waals surface area (Å²) < 4.78 is 5.23. The lowest BCUT2D eigenvalue weighted by Gasteiger charge is -2.34. The molecule has 1 fully saturated rings. The molecule has 136 valence electrons. The molecule has 2 N–H and O–H groups in total. The molecule has 3 rings (SSSR count). The van der Waals surface area contributed by atoms with Crippen molar-refractivity contribution in [3.05, 3.63) is 60.2 Å². The van der Waals surface area contributed by atoms with Crippen molar-refractivity contribution in [3.8, 4) is 5.75 Å². The molecule has 0 radical (unpaired) electrons. The minimum Gasteiger partial charge on any atom is -0.497 e. The summed E-state index contributed by atoms with van der Waals surface area (Å²) in [6, 6.07) is 17.2. The van der Waals surface area contributed by atoms with Gasteiger partial charge in [0.2, 0.25) is 0 Å². The number of amides is 1. The van der Waals surface area contributed by atoms with E-state index in [9.17, 15) is 4.79 Å². The molecule has 0 spiro atoms. The number of carbonyl (C=O) groups excluding carboxylic acids is 1. The topological polar surface area (TPSA) is 53.6 Å². The van der Waals surface area contributed by atoms with Gasteiger partial charge in [-0.3, -0.25) is 4.79 Å². The molecule has 2 aromatic carbocycles. The number of anilines is 1. The van der Waals surface area contributed by atoms with Gasteiger partial charge in [0, 0.05) is 36.4 Å². The van der Waals surface area contributed by atoms with Crippen LogP contribution < -0.4 is 15.4 Å². The van der Waals surface area contributed by atoms with Crippen LogP contribution in [0.1, 0.15) is 23.2 Å². The Morgan fingerprint density at radius 2 is 1.85 bits per heavy atom. The molecule has 0 atom stereocenters. The molecule has 0 bridgehead atoms. The Balaban J connectivity index is 1.48. The maximum Gasteiger partial charge on any atom is 0.251 e. The van der Waals surface area contributed by atoms with E-state index in [4.69, 9.17) is 17.0 Å². The molecular weight excluding hydrogens is 346 g/mol. The van der Waals surface area contributed by atoms with Crippen molar-refractivity contribution in [1.29, 1.82) is 0 Å². The molecule has 0 aromatic heterocycles. The summed E-state index contributed by atoms with van der Waals surface area (Å²) in [6.07, 6.45) is 1.75. The zero-order chi connectivity index (χ0) is 18.4. The third-order valence-electron chi connectivity index (χ3n) is 4.47. The van der Waals surface area contributed by atoms with Gasteiger partial charge in [0.15, 0.2) is 5.11 Å². The molecule has 6 heteroatoms. The van der Waals surface area contributed by atoms with Crippen molar-refractivity contribution >= 4 is 28.9 Å². The lowest BCUT2D eigenvalue weighted by molar-refractivity contribution is 0.0922. The maximum atomic E-state index is 12.3. The van der Waals surface area contributed by atoms with Gasteiger partial charge in [-0.1, -0.05) is 24.3 Å². The van der Waals surface area contributed by atoms with Gasteiger partial charge in [0.1, 0.15) is 5.75 Å². The SMILES string of the molecule is COc1cccc(NC(=S)N2CCC(NC(=O)c3ccccc3)CC2)c1. The lowest BCUT2D eigenvalue weighted by Crippen LogP contribution is -2.47. The van der Waals surface area contributed by atoms with Crippen molar-refractivity contribution in [1.82, 2.24) is 10.2 Å². The van der Waals surface area contributed by atoms with Gasteiger partial charge in [-0.25, -0.2) is 0 Å². The van der Waals surface area contributed by atoms with Crippen LogP contribution in [0.4, 0.5) is 5.69 Å². The smallest absolute Gasteiger partial charge is 0.251 e. The van der Waals surface area contributed by atoms with Crippen molar-refractivity contribution < 1.29 is 9.53 Å². The van der Waals surface area contributed by atoms with Crippen LogP contribution in [-0.4, -0.2) is 42.2 Å². The second-order valence-electron chi connectivity index (χ2n) is 6.26. The zero-order valence-corrected chi connectivity index (χ0v) is 15.6. The van der Waals surface area contributed by atoms with Gasteiger partial charge in [0.25, 0.3) is 5.91 Å². The molecule has 1 aliphatic heterocycles. The zero-order valence-electron chi connectivity index (χ0n) is 14.8. The summed E-state index contributed by atoms with van der Waals surface area (Å²) in [4.78, 5) is 14.4. The van der Waals surface area contributed by atoms with E-state index < -0.39 is 0 Å². The Bertz CT molecular complexity index is 759. The average Bonchev–Trinajstić information content (AvgIpc) is 2.69. The van der Waals surface area contributed by atoms with Crippen LogP contribution in [-0.2, 0) is 0 Å². The summed E-state index contributed by atoms with van der Waals surface area (Å²) in [6.45, 7) is 1.63. The Kier molecular flexibility index (Phi) is 6.07. The highest BCUT2D eigenvalue weighted by molar-refractivity contribution is 7.80. The van der Waals surface area contributed by atoms with Crippen molar-refractivity contribution in [2.24, 2.45) is 0 Å². The first-order valence-corrected chi connectivity index (χ1v) is 9.12. The number of nitrogens with zero attached hydrogens (tertiary/aromatic N) is 1. The molecule has 0 saturated carbocycles. The number of piperidine rings is 1. The van der Waals surface area contributed by atoms with Crippen LogP contribution in [0.15, 0.2) is 54.6 Å². The molecule has 26 heavy (non-hydrogen) atoms. The van der Waals surface area contributed by atoms with Gasteiger partial charge in [0.05, 0.1) is 7.11 Å². The number of thiocarbonyl (C=S) groups is 1. The second kappa shape index (κ2) is 8.67. The van der Waals surface area contributed by atoms with Crippen LogP contribution in [0.5, 0.6) is 5.75 Å². The Labute approximate surface area is 159 Å². The molecule has 5 nitrogen and oxygen atoms in total. The second-order valence-corrected chi connectivity index (χ2v) is 6.65. The highest BCUT2D eigenvalue weighted by Crippen LogP contribution is 2.18. The number of nitrogens with one attached hydrogen (secondary N) is 2. The number of hydrogen-bond donors (Lipinski definition) is 2. The van der Waals surface area contributed by atoms with Gasteiger partial charge < -0.3 is 20.3 Å². The Morgan fingerprint density at radius 3 is 2.54 bits per heavy atom. The highest BCUT2D eigenvalue weighted by atomic mass is 32.1. The summed E-state index contributed by atoms with van der Waals surface area (Å²) in [7, 11) is 1.64. The van der Waals surface area contributed by atoms with Crippen LogP contribution in [0.25, 0.3) is 0 Å². The van der Waals surface area contributed by atoms with Gasteiger partial charge >= 0.3 is 0 Å². The fourth-order valence-electron chi connectivity index (χ4n) is 2.99. The standard InChI is InChI=1S/C20H23N3O2S/c1-25-18-9-5-8-17(14-18)22-20(26)23-12-10-16(11-13-23)21-19(24)15-6-3-2-4-7-15/h2-9,14,16H,10-13H2,1H3,(H,21,24)(H,22,26). The molecule has 1 aliphatic rings. The lowest BCUT2D eigenvalue weighted by atomic mass is 10.0. The first kappa shape index (κ1) is 18.2. The number of ether oxygens (including phenoxy) is 1. The Morgan fingerprint density at radius 1 is 1.12 bits per heavy atom. The number of rotatable bonds is 4. The van der Waals surface area contributed by atoms with E-state index in [-0.39, 0.29) is 11.9 Å². The number of hydrogen-bond acceptors (Lipinski definition) is 3. The minimum absolute atomic E-state index is 0.0128. The fraction of sp³-hybridized carbons (Fsp3) is 0.300. The van der Waals surface area contributed by atoms with Crippen LogP contribution in [0.3, 0.4) is 0 Å².